The number of rotatable bonds is 10. The number of aryl methyl sites for hydroxylation is 1. The number of hydrogen-bond acceptors (Lipinski definition) is 19. The molecule has 3 aromatic rings. The zero-order chi connectivity index (χ0) is 46.5. The molecule has 0 radical (unpaired) electrons. The smallest absolute Gasteiger partial charge is 0.328 e. The standard InChI is InChI=1S/C43H43NO19/c1-14-10-25-30(38(60-18(5)46)27(14)41(54)44-15(2)42(55)57-9)29-23(13-24-31(35(29)53)33(51)22-11-21(56-8)12-26(49)28(22)32(24)50)34(52)37(25)63-43-40(62-20(7)48)39(61-19(6)47)36(16(3)58-43)59-17(4)45/h10-13,15-16,34,36-37,39-40,43,49,52-53H,1-9H3,(H,44,54)/t15-,16-,34+,36+,37+,39+,40-,43-/m1/s1. The monoisotopic (exact) mass is 877 g/mol. The van der Waals surface area contributed by atoms with Gasteiger partial charge in [-0.3, -0.25) is 33.6 Å². The number of aliphatic hydroxyl groups excluding tert-OH is 1. The van der Waals surface area contributed by atoms with Gasteiger partial charge in [-0.1, -0.05) is 6.07 Å². The van der Waals surface area contributed by atoms with Crippen LogP contribution in [-0.2, 0) is 52.4 Å². The number of esters is 5. The van der Waals surface area contributed by atoms with Crippen molar-refractivity contribution in [3.8, 4) is 34.1 Å². The highest BCUT2D eigenvalue weighted by Gasteiger charge is 2.53. The summed E-state index contributed by atoms with van der Waals surface area (Å²) < 4.78 is 44.7. The minimum absolute atomic E-state index is 0.0000551. The SMILES string of the molecule is COC(=O)[C@@H](C)NC(=O)c1c(C)cc2c(c1OC(C)=O)-c1c(cc3c(c1O)C(=O)c1cc(OC)cc(O)c1C3=O)[C@H](O)[C@H]2O[C@H]1O[C@H](C)[C@H](OC(C)=O)[C@H](OC(C)=O)[C@H]1OC(C)=O. The number of aromatic hydroxyl groups is 2. The van der Waals surface area contributed by atoms with Crippen LogP contribution in [0, 0.1) is 6.92 Å². The van der Waals surface area contributed by atoms with E-state index in [4.69, 9.17) is 37.9 Å². The Kier molecular flexibility index (Phi) is 12.6. The Morgan fingerprint density at radius 1 is 0.746 bits per heavy atom. The van der Waals surface area contributed by atoms with Crippen LogP contribution in [0.2, 0.25) is 0 Å². The molecular weight excluding hydrogens is 834 g/mol. The summed E-state index contributed by atoms with van der Waals surface area (Å²) in [6.07, 6.45) is -11.2. The summed E-state index contributed by atoms with van der Waals surface area (Å²) in [5.41, 5.74) is -3.34. The van der Waals surface area contributed by atoms with Crippen LogP contribution >= 0.6 is 0 Å². The van der Waals surface area contributed by atoms with Crippen LogP contribution in [0.4, 0.5) is 0 Å². The lowest BCUT2D eigenvalue weighted by atomic mass is 9.74. The number of carbonyl (C=O) groups excluding carboxylic acids is 8. The number of aliphatic hydroxyl groups is 1. The predicted octanol–water partition coefficient (Wildman–Crippen LogP) is 2.72. The third kappa shape index (κ3) is 8.27. The summed E-state index contributed by atoms with van der Waals surface area (Å²) >= 11 is 0. The molecule has 4 N–H and O–H groups in total. The van der Waals surface area contributed by atoms with Gasteiger partial charge in [-0.2, -0.15) is 0 Å². The van der Waals surface area contributed by atoms with Gasteiger partial charge in [0.25, 0.3) is 5.91 Å². The van der Waals surface area contributed by atoms with E-state index in [0.29, 0.717) is 0 Å². The third-order valence-corrected chi connectivity index (χ3v) is 10.6. The second kappa shape index (κ2) is 17.5. The van der Waals surface area contributed by atoms with Gasteiger partial charge in [0.2, 0.25) is 0 Å². The van der Waals surface area contributed by atoms with Crippen molar-refractivity contribution >= 4 is 47.3 Å². The molecule has 0 aromatic heterocycles. The summed E-state index contributed by atoms with van der Waals surface area (Å²) in [6.45, 7) is 8.34. The van der Waals surface area contributed by atoms with Gasteiger partial charge in [-0.25, -0.2) is 4.79 Å². The van der Waals surface area contributed by atoms with Crippen molar-refractivity contribution in [2.24, 2.45) is 0 Å². The quantitative estimate of drug-likeness (QED) is 0.101. The first kappa shape index (κ1) is 45.6. The molecule has 8 atom stereocenters. The van der Waals surface area contributed by atoms with E-state index in [1.54, 1.807) is 0 Å². The molecule has 334 valence electrons. The molecule has 0 bridgehead atoms. The summed E-state index contributed by atoms with van der Waals surface area (Å²) in [7, 11) is 2.36. The highest BCUT2D eigenvalue weighted by Crippen LogP contribution is 2.57. The molecule has 63 heavy (non-hydrogen) atoms. The first-order valence-corrected chi connectivity index (χ1v) is 19.3. The van der Waals surface area contributed by atoms with Crippen LogP contribution in [0.5, 0.6) is 23.0 Å². The number of hydrogen-bond donors (Lipinski definition) is 4. The lowest BCUT2D eigenvalue weighted by Gasteiger charge is -2.45. The third-order valence-electron chi connectivity index (χ3n) is 10.6. The van der Waals surface area contributed by atoms with Gasteiger partial charge in [-0.15, -0.1) is 0 Å². The fourth-order valence-corrected chi connectivity index (χ4v) is 8.03. The van der Waals surface area contributed by atoms with E-state index in [-0.39, 0.29) is 39.1 Å². The Morgan fingerprint density at radius 3 is 1.92 bits per heavy atom. The van der Waals surface area contributed by atoms with Crippen LogP contribution < -0.4 is 14.8 Å². The van der Waals surface area contributed by atoms with Gasteiger partial charge in [-0.05, 0) is 49.6 Å². The number of carbonyl (C=O) groups is 8. The fourth-order valence-electron chi connectivity index (χ4n) is 8.03. The molecule has 1 heterocycles. The zero-order valence-electron chi connectivity index (χ0n) is 35.3. The molecule has 3 aliphatic rings. The van der Waals surface area contributed by atoms with E-state index in [1.165, 1.54) is 40.0 Å². The summed E-state index contributed by atoms with van der Waals surface area (Å²) in [5.74, 6) is -9.42. The van der Waals surface area contributed by atoms with Crippen molar-refractivity contribution in [1.82, 2.24) is 5.32 Å². The maximum atomic E-state index is 14.3. The molecule has 20 nitrogen and oxygen atoms in total. The van der Waals surface area contributed by atoms with Crippen molar-refractivity contribution in [2.45, 2.75) is 97.4 Å². The normalized spacial score (nSPS) is 22.5. The Labute approximate surface area is 358 Å². The lowest BCUT2D eigenvalue weighted by Crippen LogP contribution is -2.61. The highest BCUT2D eigenvalue weighted by molar-refractivity contribution is 6.31. The van der Waals surface area contributed by atoms with Crippen LogP contribution in [0.3, 0.4) is 0 Å². The van der Waals surface area contributed by atoms with E-state index in [1.807, 2.05) is 0 Å². The van der Waals surface area contributed by atoms with E-state index in [0.717, 1.165) is 46.9 Å². The number of phenols is 2. The zero-order valence-corrected chi connectivity index (χ0v) is 35.3. The average Bonchev–Trinajstić information content (AvgIpc) is 3.19. The van der Waals surface area contributed by atoms with Crippen LogP contribution in [0.25, 0.3) is 11.1 Å². The molecule has 1 amide bonds. The number of nitrogens with one attached hydrogen (secondary N) is 1. The van der Waals surface area contributed by atoms with E-state index >= 15 is 0 Å². The van der Waals surface area contributed by atoms with E-state index in [2.05, 4.69) is 5.32 Å². The predicted molar refractivity (Wildman–Crippen MR) is 210 cm³/mol. The number of ether oxygens (including phenoxy) is 8. The molecule has 0 saturated carbocycles. The molecule has 1 fully saturated rings. The topological polar surface area (TPSA) is 283 Å². The number of phenolic OH excluding ortho intramolecular Hbond substituents is 2. The highest BCUT2D eigenvalue weighted by atomic mass is 16.7. The summed E-state index contributed by atoms with van der Waals surface area (Å²) in [4.78, 5) is 105. The van der Waals surface area contributed by atoms with E-state index in [9.17, 15) is 53.7 Å². The fraction of sp³-hybridized carbons (Fsp3) is 0.395. The van der Waals surface area contributed by atoms with Crippen LogP contribution in [-0.4, -0.2) is 114 Å². The molecule has 3 aromatic carbocycles. The number of benzene rings is 3. The van der Waals surface area contributed by atoms with Crippen molar-refractivity contribution in [3.63, 3.8) is 0 Å². The molecule has 1 saturated heterocycles. The second-order valence-corrected chi connectivity index (χ2v) is 14.9. The largest absolute Gasteiger partial charge is 0.507 e. The maximum Gasteiger partial charge on any atom is 0.328 e. The van der Waals surface area contributed by atoms with Gasteiger partial charge < -0.3 is 58.5 Å². The van der Waals surface area contributed by atoms with Gasteiger partial charge >= 0.3 is 29.8 Å². The Bertz CT molecular complexity index is 2490. The minimum Gasteiger partial charge on any atom is -0.507 e. The van der Waals surface area contributed by atoms with Crippen LogP contribution in [0.1, 0.15) is 113 Å². The summed E-state index contributed by atoms with van der Waals surface area (Å²) in [6, 6.07) is 3.42. The van der Waals surface area contributed by atoms with Gasteiger partial charge in [0, 0.05) is 56.0 Å². The molecular formula is C43H43NO19. The Morgan fingerprint density at radius 2 is 1.33 bits per heavy atom. The molecule has 6 rings (SSSR count). The summed E-state index contributed by atoms with van der Waals surface area (Å²) in [5, 5.41) is 38.0. The van der Waals surface area contributed by atoms with Gasteiger partial charge in [0.15, 0.2) is 41.9 Å². The number of methoxy groups -OCH3 is 2. The Hall–Kier alpha value is -6.90. The second-order valence-electron chi connectivity index (χ2n) is 14.9. The molecule has 20 heteroatoms. The molecule has 2 aliphatic carbocycles. The number of amides is 1. The number of fused-ring (bicyclic) bond motifs is 5. The first-order chi connectivity index (χ1) is 29.6. The molecule has 1 aliphatic heterocycles. The molecule has 0 unspecified atom stereocenters. The minimum atomic E-state index is -1.96. The lowest BCUT2D eigenvalue weighted by molar-refractivity contribution is -0.317. The van der Waals surface area contributed by atoms with Gasteiger partial charge in [0.05, 0.1) is 37.0 Å². The van der Waals surface area contributed by atoms with Crippen molar-refractivity contribution in [3.05, 3.63) is 68.8 Å². The Balaban J connectivity index is 1.64. The maximum absolute atomic E-state index is 14.3. The van der Waals surface area contributed by atoms with Crippen molar-refractivity contribution in [1.29, 1.82) is 0 Å². The van der Waals surface area contributed by atoms with E-state index < -0.39 is 136 Å². The molecule has 0 spiro atoms. The first-order valence-electron chi connectivity index (χ1n) is 19.3. The number of ketones is 2. The van der Waals surface area contributed by atoms with Crippen LogP contribution in [0.15, 0.2) is 24.3 Å². The van der Waals surface area contributed by atoms with Crippen molar-refractivity contribution < 1.29 is 91.6 Å². The average molecular weight is 878 g/mol. The van der Waals surface area contributed by atoms with Crippen molar-refractivity contribution in [2.75, 3.05) is 14.2 Å². The van der Waals surface area contributed by atoms with Gasteiger partial charge in [0.1, 0.15) is 35.5 Å².